The lowest BCUT2D eigenvalue weighted by molar-refractivity contribution is 0.102. The second-order valence-corrected chi connectivity index (χ2v) is 3.75. The van der Waals surface area contributed by atoms with Crippen molar-refractivity contribution in [3.05, 3.63) is 23.5 Å². The maximum atomic E-state index is 13.2. The molecule has 0 aliphatic carbocycles. The first-order valence-corrected chi connectivity index (χ1v) is 5.58. The van der Waals surface area contributed by atoms with Gasteiger partial charge in [0.05, 0.1) is 5.88 Å². The lowest BCUT2D eigenvalue weighted by atomic mass is 10.1. The zero-order valence-corrected chi connectivity index (χ0v) is 9.08. The predicted octanol–water partition coefficient (Wildman–Crippen LogP) is 2.55. The van der Waals surface area contributed by atoms with Crippen molar-refractivity contribution in [2.24, 2.45) is 0 Å². The molecule has 0 aliphatic rings. The standard InChI is InChI=1S/C9H9ClFNOS/c1-14-9-2-5(8(13)4-10)7(12)3-6(9)11/h2-3H,4,12H2,1H3. The number of alkyl halides is 1. The van der Waals surface area contributed by atoms with Crippen LogP contribution in [0.2, 0.25) is 0 Å². The molecule has 0 radical (unpaired) electrons. The molecular weight excluding hydrogens is 225 g/mol. The average Bonchev–Trinajstić information content (AvgIpc) is 2.17. The summed E-state index contributed by atoms with van der Waals surface area (Å²) in [5, 5.41) is 0. The molecule has 5 heteroatoms. The van der Waals surface area contributed by atoms with Crippen LogP contribution in [0.15, 0.2) is 17.0 Å². The smallest absolute Gasteiger partial charge is 0.179 e. The highest BCUT2D eigenvalue weighted by Crippen LogP contribution is 2.25. The van der Waals surface area contributed by atoms with Gasteiger partial charge in [0.25, 0.3) is 0 Å². The minimum Gasteiger partial charge on any atom is -0.398 e. The molecule has 0 fully saturated rings. The monoisotopic (exact) mass is 233 g/mol. The summed E-state index contributed by atoms with van der Waals surface area (Å²) >= 11 is 6.61. The average molecular weight is 234 g/mol. The van der Waals surface area contributed by atoms with E-state index in [0.717, 1.165) is 6.07 Å². The lowest BCUT2D eigenvalue weighted by Gasteiger charge is -2.06. The molecule has 76 valence electrons. The van der Waals surface area contributed by atoms with Crippen LogP contribution in [0.5, 0.6) is 0 Å². The van der Waals surface area contributed by atoms with Crippen molar-refractivity contribution < 1.29 is 9.18 Å². The van der Waals surface area contributed by atoms with Gasteiger partial charge in [-0.25, -0.2) is 4.39 Å². The first kappa shape index (κ1) is 11.3. The second-order valence-electron chi connectivity index (χ2n) is 2.63. The van der Waals surface area contributed by atoms with E-state index in [2.05, 4.69) is 0 Å². The van der Waals surface area contributed by atoms with Gasteiger partial charge in [-0.1, -0.05) is 0 Å². The Morgan fingerprint density at radius 1 is 1.64 bits per heavy atom. The van der Waals surface area contributed by atoms with Gasteiger partial charge in [-0.15, -0.1) is 23.4 Å². The summed E-state index contributed by atoms with van der Waals surface area (Å²) in [5.41, 5.74) is 5.91. The summed E-state index contributed by atoms with van der Waals surface area (Å²) < 4.78 is 13.2. The van der Waals surface area contributed by atoms with E-state index in [9.17, 15) is 9.18 Å². The second kappa shape index (κ2) is 4.66. The largest absolute Gasteiger partial charge is 0.398 e. The third-order valence-corrected chi connectivity index (χ3v) is 2.74. The summed E-state index contributed by atoms with van der Waals surface area (Å²) in [6.07, 6.45) is 1.73. The number of benzene rings is 1. The van der Waals surface area contributed by atoms with E-state index in [4.69, 9.17) is 17.3 Å². The minimum absolute atomic E-state index is 0.131. The first-order valence-electron chi connectivity index (χ1n) is 3.82. The maximum absolute atomic E-state index is 13.2. The van der Waals surface area contributed by atoms with Crippen molar-refractivity contribution in [3.8, 4) is 0 Å². The third-order valence-electron chi connectivity index (χ3n) is 1.75. The number of hydrogen-bond donors (Lipinski definition) is 1. The Hall–Kier alpha value is -0.740. The highest BCUT2D eigenvalue weighted by Gasteiger charge is 2.12. The Labute approximate surface area is 90.6 Å². The summed E-state index contributed by atoms with van der Waals surface area (Å²) in [6, 6.07) is 2.58. The van der Waals surface area contributed by atoms with E-state index in [0.29, 0.717) is 4.90 Å². The summed E-state index contributed by atoms with van der Waals surface area (Å²) in [5.74, 6) is -0.857. The van der Waals surface area contributed by atoms with Gasteiger partial charge in [0.2, 0.25) is 0 Å². The third kappa shape index (κ3) is 2.19. The van der Waals surface area contributed by atoms with Crippen LogP contribution in [-0.2, 0) is 0 Å². The number of carbonyl (C=O) groups excluding carboxylic acids is 1. The van der Waals surface area contributed by atoms with E-state index in [1.807, 2.05) is 0 Å². The van der Waals surface area contributed by atoms with E-state index in [1.165, 1.54) is 17.8 Å². The topological polar surface area (TPSA) is 43.1 Å². The number of thioether (sulfide) groups is 1. The molecule has 0 aliphatic heterocycles. The van der Waals surface area contributed by atoms with Crippen molar-refractivity contribution >= 4 is 34.8 Å². The van der Waals surface area contributed by atoms with E-state index in [1.54, 1.807) is 6.26 Å². The number of nitrogens with two attached hydrogens (primary N) is 1. The maximum Gasteiger partial charge on any atom is 0.179 e. The molecular formula is C9H9ClFNOS. The van der Waals surface area contributed by atoms with Crippen LogP contribution in [0, 0.1) is 5.82 Å². The molecule has 1 aromatic rings. The van der Waals surface area contributed by atoms with Crippen LogP contribution in [0.25, 0.3) is 0 Å². The van der Waals surface area contributed by atoms with Crippen molar-refractivity contribution in [2.45, 2.75) is 4.90 Å². The lowest BCUT2D eigenvalue weighted by Crippen LogP contribution is -2.06. The number of anilines is 1. The Kier molecular flexibility index (Phi) is 3.77. The van der Waals surface area contributed by atoms with Crippen LogP contribution in [0.1, 0.15) is 10.4 Å². The number of rotatable bonds is 3. The van der Waals surface area contributed by atoms with Crippen molar-refractivity contribution in [2.75, 3.05) is 17.9 Å². The summed E-state index contributed by atoms with van der Waals surface area (Å²) in [4.78, 5) is 11.7. The van der Waals surface area contributed by atoms with E-state index in [-0.39, 0.29) is 22.9 Å². The number of Topliss-reactive ketones (excluding diaryl/α,β-unsaturated/α-hetero) is 1. The molecule has 0 spiro atoms. The Morgan fingerprint density at radius 3 is 2.79 bits per heavy atom. The number of nitrogen functional groups attached to an aromatic ring is 1. The molecule has 1 rings (SSSR count). The van der Waals surface area contributed by atoms with Crippen molar-refractivity contribution in [1.29, 1.82) is 0 Å². The van der Waals surface area contributed by atoms with Gasteiger partial charge in [0.15, 0.2) is 5.78 Å². The number of halogens is 2. The van der Waals surface area contributed by atoms with Gasteiger partial charge in [-0.3, -0.25) is 4.79 Å². The van der Waals surface area contributed by atoms with Gasteiger partial charge in [0, 0.05) is 16.1 Å². The fourth-order valence-electron chi connectivity index (χ4n) is 1.04. The number of ketones is 1. The van der Waals surface area contributed by atoms with Crippen LogP contribution in [-0.4, -0.2) is 17.9 Å². The molecule has 0 bridgehead atoms. The van der Waals surface area contributed by atoms with Crippen LogP contribution >= 0.6 is 23.4 Å². The number of hydrogen-bond acceptors (Lipinski definition) is 3. The van der Waals surface area contributed by atoms with E-state index >= 15 is 0 Å². The quantitative estimate of drug-likeness (QED) is 0.378. The predicted molar refractivity (Wildman–Crippen MR) is 57.6 cm³/mol. The fraction of sp³-hybridized carbons (Fsp3) is 0.222. The van der Waals surface area contributed by atoms with Crippen LogP contribution in [0.3, 0.4) is 0 Å². The van der Waals surface area contributed by atoms with Crippen LogP contribution in [0.4, 0.5) is 10.1 Å². The molecule has 1 aromatic carbocycles. The first-order chi connectivity index (χ1) is 6.60. The number of carbonyl (C=O) groups is 1. The molecule has 0 amide bonds. The van der Waals surface area contributed by atoms with Gasteiger partial charge in [0.1, 0.15) is 5.82 Å². The molecule has 0 unspecified atom stereocenters. The molecule has 14 heavy (non-hydrogen) atoms. The molecule has 0 atom stereocenters. The SMILES string of the molecule is CSc1cc(C(=O)CCl)c(N)cc1F. The molecule has 0 aromatic heterocycles. The highest BCUT2D eigenvalue weighted by molar-refractivity contribution is 7.98. The minimum atomic E-state index is -0.416. The van der Waals surface area contributed by atoms with E-state index < -0.39 is 5.82 Å². The normalized spacial score (nSPS) is 10.2. The van der Waals surface area contributed by atoms with Crippen LogP contribution < -0.4 is 5.73 Å². The van der Waals surface area contributed by atoms with Gasteiger partial charge < -0.3 is 5.73 Å². The Bertz CT molecular complexity index is 370. The van der Waals surface area contributed by atoms with Crippen molar-refractivity contribution in [1.82, 2.24) is 0 Å². The fourth-order valence-corrected chi connectivity index (χ4v) is 1.67. The zero-order valence-electron chi connectivity index (χ0n) is 7.51. The highest BCUT2D eigenvalue weighted by atomic mass is 35.5. The Balaban J connectivity index is 3.24. The molecule has 0 saturated carbocycles. The van der Waals surface area contributed by atoms with Gasteiger partial charge in [-0.2, -0.15) is 0 Å². The zero-order chi connectivity index (χ0) is 10.7. The molecule has 0 saturated heterocycles. The summed E-state index contributed by atoms with van der Waals surface area (Å²) in [6.45, 7) is 0. The van der Waals surface area contributed by atoms with Crippen molar-refractivity contribution in [3.63, 3.8) is 0 Å². The van der Waals surface area contributed by atoms with Gasteiger partial charge in [-0.05, 0) is 18.4 Å². The molecule has 0 heterocycles. The van der Waals surface area contributed by atoms with Gasteiger partial charge >= 0.3 is 0 Å². The molecule has 2 N–H and O–H groups in total. The summed E-state index contributed by atoms with van der Waals surface area (Å²) in [7, 11) is 0. The molecule has 2 nitrogen and oxygen atoms in total. The Morgan fingerprint density at radius 2 is 2.29 bits per heavy atom.